The van der Waals surface area contributed by atoms with Crippen LogP contribution in [0.15, 0.2) is 30.5 Å². The molecule has 0 amide bonds. The molecule has 1 aromatic carbocycles. The normalized spacial score (nSPS) is 20.1. The van der Waals surface area contributed by atoms with Crippen molar-refractivity contribution >= 4 is 10.9 Å². The number of rotatable bonds is 3. The molecule has 4 nitrogen and oxygen atoms in total. The number of H-pyrrole nitrogens is 1. The molecule has 3 rings (SSSR count). The molecular weight excluding hydrogens is 214 g/mol. The second kappa shape index (κ2) is 3.84. The van der Waals surface area contributed by atoms with Crippen molar-refractivity contribution in [3.05, 3.63) is 36.0 Å². The van der Waals surface area contributed by atoms with Crippen molar-refractivity contribution in [1.82, 2.24) is 4.98 Å². The third kappa shape index (κ3) is 1.49. The van der Waals surface area contributed by atoms with Crippen LogP contribution in [-0.4, -0.2) is 24.7 Å². The smallest absolute Gasteiger partial charge is 0.0575 e. The minimum atomic E-state index is -0.0923. The summed E-state index contributed by atoms with van der Waals surface area (Å²) in [5.41, 5.74) is 14.4. The minimum Gasteiger partial charge on any atom is -0.380 e. The number of aromatic amines is 1. The van der Waals surface area contributed by atoms with Gasteiger partial charge in [-0.2, -0.15) is 0 Å². The number of aromatic nitrogens is 1. The molecule has 0 saturated carbocycles. The third-order valence-corrected chi connectivity index (χ3v) is 3.80. The topological polar surface area (TPSA) is 77.1 Å². The molecule has 1 fully saturated rings. The Labute approximate surface area is 99.9 Å². The number of hydrogen-bond donors (Lipinski definition) is 3. The van der Waals surface area contributed by atoms with Gasteiger partial charge in [0.25, 0.3) is 0 Å². The van der Waals surface area contributed by atoms with Crippen LogP contribution in [0.4, 0.5) is 0 Å². The molecule has 2 heterocycles. The largest absolute Gasteiger partial charge is 0.380 e. The number of nitrogens with two attached hydrogens (primary N) is 2. The highest BCUT2D eigenvalue weighted by molar-refractivity contribution is 5.83. The van der Waals surface area contributed by atoms with Gasteiger partial charge in [0.1, 0.15) is 0 Å². The molecule has 1 saturated heterocycles. The highest BCUT2D eigenvalue weighted by Gasteiger charge is 2.44. The van der Waals surface area contributed by atoms with Gasteiger partial charge in [-0.1, -0.05) is 18.2 Å². The summed E-state index contributed by atoms with van der Waals surface area (Å²) in [5, 5.41) is 1.18. The Morgan fingerprint density at radius 1 is 1.35 bits per heavy atom. The van der Waals surface area contributed by atoms with Crippen molar-refractivity contribution in [2.24, 2.45) is 16.9 Å². The molecule has 0 radical (unpaired) electrons. The SMILES string of the molecule is NCC1(C(N)c2c[nH]c3ccccc23)COC1. The predicted molar refractivity (Wildman–Crippen MR) is 67.5 cm³/mol. The lowest BCUT2D eigenvalue weighted by Gasteiger charge is -2.44. The number of hydrogen-bond acceptors (Lipinski definition) is 3. The van der Waals surface area contributed by atoms with Gasteiger partial charge >= 0.3 is 0 Å². The van der Waals surface area contributed by atoms with Crippen molar-refractivity contribution in [2.75, 3.05) is 19.8 Å². The molecule has 0 spiro atoms. The zero-order chi connectivity index (χ0) is 11.9. The van der Waals surface area contributed by atoms with E-state index in [4.69, 9.17) is 16.2 Å². The summed E-state index contributed by atoms with van der Waals surface area (Å²) in [6.45, 7) is 1.88. The van der Waals surface area contributed by atoms with Gasteiger partial charge in [0.05, 0.1) is 13.2 Å². The van der Waals surface area contributed by atoms with Gasteiger partial charge in [-0.25, -0.2) is 0 Å². The third-order valence-electron chi connectivity index (χ3n) is 3.80. The lowest BCUT2D eigenvalue weighted by molar-refractivity contribution is -0.121. The van der Waals surface area contributed by atoms with Crippen LogP contribution < -0.4 is 11.5 Å². The van der Waals surface area contributed by atoms with Gasteiger partial charge in [-0.15, -0.1) is 0 Å². The Morgan fingerprint density at radius 2 is 2.12 bits per heavy atom. The summed E-state index contributed by atoms with van der Waals surface area (Å²) < 4.78 is 5.29. The molecule has 0 bridgehead atoms. The van der Waals surface area contributed by atoms with Crippen LogP contribution in [0.1, 0.15) is 11.6 Å². The van der Waals surface area contributed by atoms with E-state index in [1.165, 1.54) is 5.39 Å². The van der Waals surface area contributed by atoms with E-state index >= 15 is 0 Å². The lowest BCUT2D eigenvalue weighted by Crippen LogP contribution is -2.54. The standard InChI is InChI=1S/C13H17N3O/c14-6-13(7-17-8-13)12(15)10-5-16-11-4-2-1-3-9(10)11/h1-5,12,16H,6-8,14-15H2. The number of nitrogens with one attached hydrogen (secondary N) is 1. The fourth-order valence-electron chi connectivity index (χ4n) is 2.47. The van der Waals surface area contributed by atoms with Crippen LogP contribution in [0.3, 0.4) is 0 Å². The lowest BCUT2D eigenvalue weighted by atomic mass is 9.75. The first-order valence-electron chi connectivity index (χ1n) is 5.86. The molecule has 4 heteroatoms. The Bertz CT molecular complexity index is 525. The summed E-state index contributed by atoms with van der Waals surface area (Å²) >= 11 is 0. The zero-order valence-electron chi connectivity index (χ0n) is 9.65. The van der Waals surface area contributed by atoms with Crippen LogP contribution in [0.5, 0.6) is 0 Å². The maximum absolute atomic E-state index is 6.38. The molecule has 1 unspecified atom stereocenters. The molecule has 17 heavy (non-hydrogen) atoms. The quantitative estimate of drug-likeness (QED) is 0.741. The number of ether oxygens (including phenoxy) is 1. The highest BCUT2D eigenvalue weighted by Crippen LogP contribution is 2.40. The second-order valence-electron chi connectivity index (χ2n) is 4.83. The number of fused-ring (bicyclic) bond motifs is 1. The average molecular weight is 231 g/mol. The van der Waals surface area contributed by atoms with Crippen molar-refractivity contribution in [3.8, 4) is 0 Å². The van der Waals surface area contributed by atoms with Crippen molar-refractivity contribution in [3.63, 3.8) is 0 Å². The van der Waals surface area contributed by atoms with Gasteiger partial charge < -0.3 is 21.2 Å². The van der Waals surface area contributed by atoms with Gasteiger partial charge in [0.15, 0.2) is 0 Å². The molecule has 1 aliphatic heterocycles. The van der Waals surface area contributed by atoms with Crippen molar-refractivity contribution < 1.29 is 4.74 Å². The summed E-state index contributed by atoms with van der Waals surface area (Å²) in [7, 11) is 0. The Morgan fingerprint density at radius 3 is 2.76 bits per heavy atom. The first-order valence-corrected chi connectivity index (χ1v) is 5.86. The van der Waals surface area contributed by atoms with Crippen LogP contribution in [-0.2, 0) is 4.74 Å². The van der Waals surface area contributed by atoms with E-state index in [1.54, 1.807) is 0 Å². The van der Waals surface area contributed by atoms with Crippen molar-refractivity contribution in [1.29, 1.82) is 0 Å². The summed E-state index contributed by atoms with van der Waals surface area (Å²) in [6, 6.07) is 8.11. The van der Waals surface area contributed by atoms with E-state index in [0.717, 1.165) is 11.1 Å². The Balaban J connectivity index is 2.03. The maximum atomic E-state index is 6.38. The highest BCUT2D eigenvalue weighted by atomic mass is 16.5. The molecule has 90 valence electrons. The fourth-order valence-corrected chi connectivity index (χ4v) is 2.47. The van der Waals surface area contributed by atoms with Crippen LogP contribution in [0.2, 0.25) is 0 Å². The molecular formula is C13H17N3O. The molecule has 1 atom stereocenters. The molecule has 5 N–H and O–H groups in total. The zero-order valence-corrected chi connectivity index (χ0v) is 9.65. The van der Waals surface area contributed by atoms with E-state index in [1.807, 2.05) is 18.3 Å². The molecule has 0 aliphatic carbocycles. The first kappa shape index (κ1) is 10.8. The molecule has 1 aliphatic rings. The van der Waals surface area contributed by atoms with Gasteiger partial charge in [0.2, 0.25) is 0 Å². The summed E-state index contributed by atoms with van der Waals surface area (Å²) in [4.78, 5) is 3.25. The van der Waals surface area contributed by atoms with Gasteiger partial charge in [-0.3, -0.25) is 0 Å². The fraction of sp³-hybridized carbons (Fsp3) is 0.385. The van der Waals surface area contributed by atoms with Crippen molar-refractivity contribution in [2.45, 2.75) is 6.04 Å². The number of benzene rings is 1. The minimum absolute atomic E-state index is 0.0719. The van der Waals surface area contributed by atoms with Gasteiger partial charge in [0, 0.05) is 35.1 Å². The monoisotopic (exact) mass is 231 g/mol. The van der Waals surface area contributed by atoms with Crippen LogP contribution >= 0.6 is 0 Å². The molecule has 1 aromatic heterocycles. The predicted octanol–water partition coefficient (Wildman–Crippen LogP) is 1.14. The number of para-hydroxylation sites is 1. The Kier molecular flexibility index (Phi) is 2.43. The van der Waals surface area contributed by atoms with E-state index in [0.29, 0.717) is 19.8 Å². The van der Waals surface area contributed by atoms with E-state index in [-0.39, 0.29) is 11.5 Å². The van der Waals surface area contributed by atoms with Gasteiger partial charge in [-0.05, 0) is 11.6 Å². The van der Waals surface area contributed by atoms with E-state index in [2.05, 4.69) is 17.1 Å². The van der Waals surface area contributed by atoms with Crippen LogP contribution in [0, 0.1) is 5.41 Å². The molecule has 2 aromatic rings. The average Bonchev–Trinajstić information content (AvgIpc) is 2.71. The maximum Gasteiger partial charge on any atom is 0.0575 e. The summed E-state index contributed by atoms with van der Waals surface area (Å²) in [5.74, 6) is 0. The Hall–Kier alpha value is -1.36. The van der Waals surface area contributed by atoms with Crippen LogP contribution in [0.25, 0.3) is 10.9 Å². The second-order valence-corrected chi connectivity index (χ2v) is 4.83. The van der Waals surface area contributed by atoms with E-state index < -0.39 is 0 Å². The van der Waals surface area contributed by atoms with E-state index in [9.17, 15) is 0 Å². The summed E-state index contributed by atoms with van der Waals surface area (Å²) in [6.07, 6.45) is 1.99. The first-order chi connectivity index (χ1) is 8.27.